The van der Waals surface area contributed by atoms with Crippen molar-refractivity contribution in [2.75, 3.05) is 4.90 Å². The van der Waals surface area contributed by atoms with Crippen molar-refractivity contribution in [2.45, 2.75) is 0 Å². The van der Waals surface area contributed by atoms with Crippen LogP contribution in [-0.2, 0) is 0 Å². The van der Waals surface area contributed by atoms with Gasteiger partial charge in [-0.25, -0.2) is 0 Å². The molecule has 0 N–H and O–H groups in total. The Morgan fingerprint density at radius 2 is 0.672 bits per heavy atom. The molecule has 0 bridgehead atoms. The SMILES string of the molecule is c1ccc(-c2ccc(N(c3ccc(-c4ccccc4)cc3)c3ccc(-c4cc(-c5ccccc5)cc5c4sc4c5cc(-c5ccccc5)c5ccc6ccccc6c54)cc3)cc2)cc1. The van der Waals surface area contributed by atoms with Gasteiger partial charge in [0.15, 0.2) is 0 Å². The van der Waals surface area contributed by atoms with E-state index < -0.39 is 0 Å². The number of nitrogens with zero attached hydrogens (tertiary/aromatic N) is 1. The average Bonchev–Trinajstić information content (AvgIpc) is 3.76. The highest BCUT2D eigenvalue weighted by molar-refractivity contribution is 7.27. The van der Waals surface area contributed by atoms with E-state index in [-0.39, 0.29) is 0 Å². The molecule has 0 saturated heterocycles. The molecule has 300 valence electrons. The van der Waals surface area contributed by atoms with Gasteiger partial charge in [0.05, 0.1) is 0 Å². The van der Waals surface area contributed by atoms with Crippen LogP contribution in [0, 0.1) is 0 Å². The molecule has 0 amide bonds. The number of benzene rings is 11. The van der Waals surface area contributed by atoms with Crippen LogP contribution >= 0.6 is 11.3 Å². The van der Waals surface area contributed by atoms with Gasteiger partial charge in [0.1, 0.15) is 0 Å². The summed E-state index contributed by atoms with van der Waals surface area (Å²) in [6.45, 7) is 0. The minimum Gasteiger partial charge on any atom is -0.311 e. The second kappa shape index (κ2) is 16.0. The Labute approximate surface area is 377 Å². The van der Waals surface area contributed by atoms with Crippen molar-refractivity contribution in [3.05, 3.63) is 249 Å². The first-order valence-electron chi connectivity index (χ1n) is 21.9. The van der Waals surface area contributed by atoms with Gasteiger partial charge in [0, 0.05) is 48.2 Å². The standard InChI is InChI=1S/C62H41NS/c1-5-15-42(16-6-1)45-25-32-51(33-26-45)63(52-34-27-46(28-35-52)43-17-7-2-8-18-43)53-36-29-49(30-37-53)57-39-50(44-19-9-3-10-20-44)40-58-59-41-56(47-21-11-4-12-22-47)55-38-31-48-23-13-14-24-54(48)60(55)62(59)64-61(57)58/h1-41H. The molecule has 64 heavy (non-hydrogen) atoms. The summed E-state index contributed by atoms with van der Waals surface area (Å²) in [6.07, 6.45) is 0. The monoisotopic (exact) mass is 831 g/mol. The van der Waals surface area contributed by atoms with Crippen molar-refractivity contribution in [3.63, 3.8) is 0 Å². The van der Waals surface area contributed by atoms with Gasteiger partial charge in [-0.05, 0) is 121 Å². The molecule has 11 aromatic carbocycles. The molecular weight excluding hydrogens is 791 g/mol. The highest BCUT2D eigenvalue weighted by atomic mass is 32.1. The number of hydrogen-bond donors (Lipinski definition) is 0. The maximum atomic E-state index is 2.45. The van der Waals surface area contributed by atoms with Crippen molar-refractivity contribution >= 4 is 70.1 Å². The minimum atomic E-state index is 1.10. The molecular formula is C62H41NS. The van der Waals surface area contributed by atoms with Crippen molar-refractivity contribution in [2.24, 2.45) is 0 Å². The number of thiophene rings is 1. The fourth-order valence-electron chi connectivity index (χ4n) is 9.48. The van der Waals surface area contributed by atoms with Gasteiger partial charge in [-0.2, -0.15) is 0 Å². The molecule has 1 nitrogen and oxygen atoms in total. The summed E-state index contributed by atoms with van der Waals surface area (Å²) in [4.78, 5) is 2.37. The second-order valence-corrected chi connectivity index (χ2v) is 17.5. The van der Waals surface area contributed by atoms with Crippen molar-refractivity contribution in [1.82, 2.24) is 0 Å². The van der Waals surface area contributed by atoms with Crippen LogP contribution in [0.15, 0.2) is 249 Å². The zero-order valence-electron chi connectivity index (χ0n) is 35.0. The molecule has 1 aromatic heterocycles. The van der Waals surface area contributed by atoms with E-state index >= 15 is 0 Å². The normalized spacial score (nSPS) is 11.4. The number of rotatable bonds is 8. The van der Waals surface area contributed by atoms with Crippen LogP contribution in [0.2, 0.25) is 0 Å². The van der Waals surface area contributed by atoms with E-state index in [1.807, 2.05) is 11.3 Å². The average molecular weight is 832 g/mol. The quantitative estimate of drug-likeness (QED) is 0.138. The van der Waals surface area contributed by atoms with Crippen LogP contribution in [0.25, 0.3) is 97.4 Å². The van der Waals surface area contributed by atoms with Crippen LogP contribution in [0.1, 0.15) is 0 Å². The highest BCUT2D eigenvalue weighted by Crippen LogP contribution is 2.49. The van der Waals surface area contributed by atoms with Gasteiger partial charge >= 0.3 is 0 Å². The van der Waals surface area contributed by atoms with Gasteiger partial charge < -0.3 is 4.90 Å². The minimum absolute atomic E-state index is 1.10. The smallest absolute Gasteiger partial charge is 0.0462 e. The van der Waals surface area contributed by atoms with Crippen LogP contribution in [-0.4, -0.2) is 0 Å². The summed E-state index contributed by atoms with van der Waals surface area (Å²) in [6, 6.07) is 90.7. The second-order valence-electron chi connectivity index (χ2n) is 16.5. The van der Waals surface area contributed by atoms with Crippen molar-refractivity contribution < 1.29 is 0 Å². The van der Waals surface area contributed by atoms with Gasteiger partial charge in [-0.15, -0.1) is 11.3 Å². The predicted molar refractivity (Wildman–Crippen MR) is 276 cm³/mol. The van der Waals surface area contributed by atoms with Crippen LogP contribution in [0.3, 0.4) is 0 Å². The van der Waals surface area contributed by atoms with E-state index in [4.69, 9.17) is 0 Å². The van der Waals surface area contributed by atoms with Gasteiger partial charge in [0.25, 0.3) is 0 Å². The Morgan fingerprint density at radius 1 is 0.250 bits per heavy atom. The fraction of sp³-hybridized carbons (Fsp3) is 0. The number of anilines is 3. The summed E-state index contributed by atoms with van der Waals surface area (Å²) < 4.78 is 2.63. The van der Waals surface area contributed by atoms with E-state index in [1.165, 1.54) is 97.4 Å². The third-order valence-electron chi connectivity index (χ3n) is 12.7. The molecule has 2 heteroatoms. The summed E-state index contributed by atoms with van der Waals surface area (Å²) in [5.41, 5.74) is 15.5. The lowest BCUT2D eigenvalue weighted by molar-refractivity contribution is 1.28. The van der Waals surface area contributed by atoms with E-state index in [1.54, 1.807) is 0 Å². The Morgan fingerprint density at radius 3 is 1.22 bits per heavy atom. The van der Waals surface area contributed by atoms with Gasteiger partial charge in [-0.1, -0.05) is 194 Å². The third-order valence-corrected chi connectivity index (χ3v) is 13.9. The van der Waals surface area contributed by atoms with E-state index in [2.05, 4.69) is 254 Å². The fourth-order valence-corrected chi connectivity index (χ4v) is 10.9. The van der Waals surface area contributed by atoms with E-state index in [0.29, 0.717) is 0 Å². The van der Waals surface area contributed by atoms with Crippen LogP contribution < -0.4 is 4.90 Å². The zero-order chi connectivity index (χ0) is 42.4. The van der Waals surface area contributed by atoms with Gasteiger partial charge in [-0.3, -0.25) is 0 Å². The Balaban J connectivity index is 1.04. The molecule has 1 heterocycles. The van der Waals surface area contributed by atoms with E-state index in [9.17, 15) is 0 Å². The zero-order valence-corrected chi connectivity index (χ0v) is 35.8. The molecule has 12 aromatic rings. The molecule has 0 radical (unpaired) electrons. The molecule has 0 aliphatic carbocycles. The molecule has 0 atom stereocenters. The third kappa shape index (κ3) is 6.73. The lowest BCUT2D eigenvalue weighted by atomic mass is 9.91. The molecule has 0 aliphatic heterocycles. The van der Waals surface area contributed by atoms with Gasteiger partial charge in [0.2, 0.25) is 0 Å². The van der Waals surface area contributed by atoms with Crippen LogP contribution in [0.5, 0.6) is 0 Å². The lowest BCUT2D eigenvalue weighted by Crippen LogP contribution is -2.09. The Hall–Kier alpha value is -8.04. The Kier molecular flexibility index (Phi) is 9.43. The predicted octanol–water partition coefficient (Wildman–Crippen LogP) is 18.2. The summed E-state index contributed by atoms with van der Waals surface area (Å²) in [5.74, 6) is 0. The van der Waals surface area contributed by atoms with Crippen molar-refractivity contribution in [1.29, 1.82) is 0 Å². The first kappa shape index (κ1) is 37.7. The Bertz CT molecular complexity index is 3510. The maximum absolute atomic E-state index is 2.45. The summed E-state index contributed by atoms with van der Waals surface area (Å²) in [7, 11) is 0. The first-order chi connectivity index (χ1) is 31.7. The highest BCUT2D eigenvalue weighted by Gasteiger charge is 2.20. The van der Waals surface area contributed by atoms with Crippen LogP contribution in [0.4, 0.5) is 17.1 Å². The molecule has 0 spiro atoms. The lowest BCUT2D eigenvalue weighted by Gasteiger charge is -2.26. The number of hydrogen-bond acceptors (Lipinski definition) is 2. The topological polar surface area (TPSA) is 3.24 Å². The molecule has 0 fully saturated rings. The first-order valence-corrected chi connectivity index (χ1v) is 22.7. The van der Waals surface area contributed by atoms with E-state index in [0.717, 1.165) is 17.1 Å². The molecule has 0 unspecified atom stereocenters. The summed E-state index contributed by atoms with van der Waals surface area (Å²) >= 11 is 1.93. The molecule has 0 saturated carbocycles. The summed E-state index contributed by atoms with van der Waals surface area (Å²) in [5, 5.41) is 7.73. The molecule has 0 aliphatic rings. The molecule has 12 rings (SSSR count). The van der Waals surface area contributed by atoms with Crippen molar-refractivity contribution in [3.8, 4) is 55.6 Å². The largest absolute Gasteiger partial charge is 0.311 e. The number of fused-ring (bicyclic) bond motifs is 7. The maximum Gasteiger partial charge on any atom is 0.0462 e.